The first-order valence-electron chi connectivity index (χ1n) is 5.84. The van der Waals surface area contributed by atoms with Crippen LogP contribution in [0.4, 0.5) is 0 Å². The summed E-state index contributed by atoms with van der Waals surface area (Å²) in [5.41, 5.74) is 3.59. The molecule has 0 unspecified atom stereocenters. The minimum Gasteiger partial charge on any atom is -0.357 e. The van der Waals surface area contributed by atoms with Gasteiger partial charge in [-0.05, 0) is 12.5 Å². The summed E-state index contributed by atoms with van der Waals surface area (Å²) in [6.07, 6.45) is 2.51. The molecule has 0 aromatic heterocycles. The minimum atomic E-state index is -1.12. The van der Waals surface area contributed by atoms with Gasteiger partial charge in [0, 0.05) is 0 Å². The Labute approximate surface area is 99.2 Å². The highest BCUT2D eigenvalue weighted by atomic mass is 28.3. The van der Waals surface area contributed by atoms with E-state index in [2.05, 4.69) is 62.6 Å². The number of hydrogen-bond donors (Lipinski definition) is 0. The van der Waals surface area contributed by atoms with Crippen molar-refractivity contribution in [2.24, 2.45) is 0 Å². The second kappa shape index (κ2) is 3.86. The van der Waals surface area contributed by atoms with E-state index in [9.17, 15) is 0 Å². The molecule has 0 saturated carbocycles. The Kier molecular flexibility index (Phi) is 2.80. The lowest BCUT2D eigenvalue weighted by atomic mass is 10.0. The maximum Gasteiger partial charge on any atom is 0.116 e. The van der Waals surface area contributed by atoms with Gasteiger partial charge < -0.3 is 4.74 Å². The molecule has 1 nitrogen and oxygen atoms in total. The van der Waals surface area contributed by atoms with E-state index < -0.39 is 8.07 Å². The van der Waals surface area contributed by atoms with Gasteiger partial charge in [0.05, 0.1) is 8.07 Å². The number of benzene rings is 1. The highest BCUT2D eigenvalue weighted by Crippen LogP contribution is 2.50. The van der Waals surface area contributed by atoms with E-state index in [1.54, 1.807) is 0 Å². The quantitative estimate of drug-likeness (QED) is 0.568. The van der Waals surface area contributed by atoms with Crippen molar-refractivity contribution in [2.75, 3.05) is 0 Å². The van der Waals surface area contributed by atoms with Crippen LogP contribution in [0.25, 0.3) is 0 Å². The molecule has 0 spiro atoms. The summed E-state index contributed by atoms with van der Waals surface area (Å²) in [6.45, 7) is 9.19. The lowest BCUT2D eigenvalue weighted by Crippen LogP contribution is -2.17. The molecular formula is C14H20OSi. The van der Waals surface area contributed by atoms with Gasteiger partial charge in [0.25, 0.3) is 0 Å². The fraction of sp³-hybridized carbons (Fsp3) is 0.429. The van der Waals surface area contributed by atoms with Gasteiger partial charge in [-0.2, -0.15) is 0 Å². The Morgan fingerprint density at radius 1 is 1.19 bits per heavy atom. The summed E-state index contributed by atoms with van der Waals surface area (Å²) in [6, 6.07) is 10.5. The van der Waals surface area contributed by atoms with Gasteiger partial charge in [0.2, 0.25) is 0 Å². The molecule has 2 atom stereocenters. The third kappa shape index (κ3) is 2.63. The molecule has 2 heteroatoms. The summed E-state index contributed by atoms with van der Waals surface area (Å²) in [5, 5.41) is 0. The average Bonchev–Trinajstić information content (AvgIpc) is 2.90. The summed E-state index contributed by atoms with van der Waals surface area (Å²) in [5.74, 6) is 0. The number of ether oxygens (including phenoxy) is 1. The summed E-state index contributed by atoms with van der Waals surface area (Å²) >= 11 is 0. The van der Waals surface area contributed by atoms with E-state index in [0.717, 1.165) is 0 Å². The van der Waals surface area contributed by atoms with Crippen molar-refractivity contribution in [1.29, 1.82) is 0 Å². The second-order valence-electron chi connectivity index (χ2n) is 5.79. The van der Waals surface area contributed by atoms with Gasteiger partial charge in [-0.15, -0.1) is 0 Å². The van der Waals surface area contributed by atoms with E-state index in [1.807, 2.05) is 6.07 Å². The van der Waals surface area contributed by atoms with Crippen molar-refractivity contribution >= 4 is 8.07 Å². The summed E-state index contributed by atoms with van der Waals surface area (Å²) in [4.78, 5) is 0. The van der Waals surface area contributed by atoms with E-state index in [-0.39, 0.29) is 11.7 Å². The Balaban J connectivity index is 2.08. The van der Waals surface area contributed by atoms with Crippen LogP contribution < -0.4 is 0 Å². The first-order valence-corrected chi connectivity index (χ1v) is 9.42. The van der Waals surface area contributed by atoms with Gasteiger partial charge in [-0.1, -0.05) is 61.7 Å². The third-order valence-corrected chi connectivity index (χ3v) is 4.02. The highest BCUT2D eigenvalue weighted by Gasteiger charge is 2.51. The van der Waals surface area contributed by atoms with Crippen molar-refractivity contribution in [3.8, 4) is 0 Å². The van der Waals surface area contributed by atoms with E-state index in [0.29, 0.717) is 0 Å². The maximum atomic E-state index is 5.82. The van der Waals surface area contributed by atoms with Crippen LogP contribution in [0, 0.1) is 0 Å². The van der Waals surface area contributed by atoms with Crippen LogP contribution in [0.15, 0.2) is 42.1 Å². The predicted octanol–water partition coefficient (Wildman–Crippen LogP) is 3.95. The first-order chi connectivity index (χ1) is 7.41. The van der Waals surface area contributed by atoms with Gasteiger partial charge in [0.1, 0.15) is 11.7 Å². The van der Waals surface area contributed by atoms with Crippen LogP contribution in [-0.2, 0) is 4.74 Å². The van der Waals surface area contributed by atoms with Crippen LogP contribution in [0.1, 0.15) is 18.6 Å². The van der Waals surface area contributed by atoms with Crippen LogP contribution in [-0.4, -0.2) is 13.7 Å². The SMILES string of the molecule is C[C@]1(/C=C/[Si](C)(C)C)O[C@@H]1c1ccccc1. The van der Waals surface area contributed by atoms with E-state index >= 15 is 0 Å². The van der Waals surface area contributed by atoms with Gasteiger partial charge in [0.15, 0.2) is 0 Å². The topological polar surface area (TPSA) is 12.5 Å². The standard InChI is InChI=1S/C14H20OSi/c1-14(10-11-16(2,3)4)13(15-14)12-8-6-5-7-9-12/h5-11,13H,1-4H3/b11-10+/t13-,14-/m1/s1. The fourth-order valence-corrected chi connectivity index (χ4v) is 2.62. The molecule has 0 amide bonds. The molecule has 2 rings (SSSR count). The molecule has 16 heavy (non-hydrogen) atoms. The van der Waals surface area contributed by atoms with E-state index in [4.69, 9.17) is 4.74 Å². The van der Waals surface area contributed by atoms with Crippen molar-refractivity contribution in [1.82, 2.24) is 0 Å². The largest absolute Gasteiger partial charge is 0.357 e. The number of rotatable bonds is 3. The monoisotopic (exact) mass is 232 g/mol. The molecule has 0 bridgehead atoms. The maximum absolute atomic E-state index is 5.82. The summed E-state index contributed by atoms with van der Waals surface area (Å²) < 4.78 is 5.82. The number of hydrogen-bond acceptors (Lipinski definition) is 1. The molecular weight excluding hydrogens is 212 g/mol. The van der Waals surface area contributed by atoms with Crippen molar-refractivity contribution in [3.63, 3.8) is 0 Å². The zero-order valence-electron chi connectivity index (χ0n) is 10.5. The number of epoxide rings is 1. The smallest absolute Gasteiger partial charge is 0.116 e. The van der Waals surface area contributed by atoms with Crippen molar-refractivity contribution in [3.05, 3.63) is 47.7 Å². The molecule has 1 aromatic carbocycles. The van der Waals surface area contributed by atoms with Gasteiger partial charge in [-0.25, -0.2) is 0 Å². The molecule has 1 aliphatic rings. The lowest BCUT2D eigenvalue weighted by molar-refractivity contribution is 0.345. The zero-order chi connectivity index (χ0) is 11.8. The molecule has 1 aliphatic heterocycles. The van der Waals surface area contributed by atoms with Crippen LogP contribution in [0.2, 0.25) is 19.6 Å². The highest BCUT2D eigenvalue weighted by molar-refractivity contribution is 6.80. The van der Waals surface area contributed by atoms with E-state index in [1.165, 1.54) is 5.56 Å². The second-order valence-corrected chi connectivity index (χ2v) is 10.9. The van der Waals surface area contributed by atoms with Crippen molar-refractivity contribution in [2.45, 2.75) is 38.3 Å². The van der Waals surface area contributed by atoms with Gasteiger partial charge in [-0.3, -0.25) is 0 Å². The van der Waals surface area contributed by atoms with Crippen molar-refractivity contribution < 1.29 is 4.74 Å². The normalized spacial score (nSPS) is 29.6. The zero-order valence-corrected chi connectivity index (χ0v) is 11.5. The first kappa shape index (κ1) is 11.6. The predicted molar refractivity (Wildman–Crippen MR) is 71.2 cm³/mol. The molecule has 0 radical (unpaired) electrons. The fourth-order valence-electron chi connectivity index (χ4n) is 1.79. The average molecular weight is 232 g/mol. The Morgan fingerprint density at radius 2 is 1.81 bits per heavy atom. The van der Waals surface area contributed by atoms with Crippen LogP contribution >= 0.6 is 0 Å². The third-order valence-electron chi connectivity index (χ3n) is 2.85. The Morgan fingerprint density at radius 3 is 2.38 bits per heavy atom. The Bertz CT molecular complexity index is 391. The molecule has 0 aliphatic carbocycles. The molecule has 1 heterocycles. The molecule has 86 valence electrons. The van der Waals surface area contributed by atoms with Crippen LogP contribution in [0.3, 0.4) is 0 Å². The molecule has 1 fully saturated rings. The molecule has 1 saturated heterocycles. The van der Waals surface area contributed by atoms with Crippen LogP contribution in [0.5, 0.6) is 0 Å². The Hall–Kier alpha value is -0.863. The summed E-state index contributed by atoms with van der Waals surface area (Å²) in [7, 11) is -1.12. The lowest BCUT2D eigenvalue weighted by Gasteiger charge is -2.09. The molecule has 0 N–H and O–H groups in total. The van der Waals surface area contributed by atoms with Gasteiger partial charge >= 0.3 is 0 Å². The molecule has 1 aromatic rings. The minimum absolute atomic E-state index is 0.0678.